The highest BCUT2D eigenvalue weighted by atomic mass is 16.7. The molecule has 2 aliphatic heterocycles. The van der Waals surface area contributed by atoms with E-state index in [1.807, 2.05) is 89.6 Å². The fourth-order valence-corrected chi connectivity index (χ4v) is 7.85. The quantitative estimate of drug-likeness (QED) is 0.0151. The van der Waals surface area contributed by atoms with Gasteiger partial charge >= 0.3 is 5.97 Å². The van der Waals surface area contributed by atoms with Gasteiger partial charge in [-0.3, -0.25) is 33.6 Å². The Bertz CT molecular complexity index is 2540. The van der Waals surface area contributed by atoms with Crippen molar-refractivity contribution in [3.8, 4) is 0 Å². The number of para-hydroxylation sites is 1. The summed E-state index contributed by atoms with van der Waals surface area (Å²) in [5.41, 5.74) is 19.4. The van der Waals surface area contributed by atoms with Crippen LogP contribution in [0.5, 0.6) is 0 Å². The number of hydroxylamine groups is 2. The highest BCUT2D eigenvalue weighted by molar-refractivity contribution is 6.42. The fourth-order valence-electron chi connectivity index (χ4n) is 7.85. The maximum atomic E-state index is 11.6. The monoisotopic (exact) mass is 963 g/mol. The van der Waals surface area contributed by atoms with Crippen molar-refractivity contribution in [3.63, 3.8) is 0 Å². The Morgan fingerprint density at radius 1 is 0.714 bits per heavy atom. The number of nitrogens with zero attached hydrogens (tertiary/aromatic N) is 2. The highest BCUT2D eigenvalue weighted by Gasteiger charge is 2.23. The number of carboxylic acids is 1. The van der Waals surface area contributed by atoms with Crippen LogP contribution in [0.1, 0.15) is 114 Å². The summed E-state index contributed by atoms with van der Waals surface area (Å²) >= 11 is 0. The number of aliphatic hydroxyl groups excluding tert-OH is 1. The summed E-state index contributed by atoms with van der Waals surface area (Å²) in [4.78, 5) is 74.5. The maximum Gasteiger partial charge on any atom is 0.377 e. The van der Waals surface area contributed by atoms with Gasteiger partial charge in [-0.1, -0.05) is 111 Å². The van der Waals surface area contributed by atoms with Crippen LogP contribution >= 0.6 is 0 Å². The Morgan fingerprint density at radius 2 is 1.33 bits per heavy atom. The van der Waals surface area contributed by atoms with Crippen molar-refractivity contribution in [2.24, 2.45) is 5.73 Å². The molecule has 6 aromatic rings. The third-order valence-corrected chi connectivity index (χ3v) is 11.2. The van der Waals surface area contributed by atoms with Gasteiger partial charge in [0.2, 0.25) is 18.7 Å². The molecular formula is C54H70N6O10. The molecule has 16 heteroatoms. The number of hydrogen-bond acceptors (Lipinski definition) is 10. The minimum Gasteiger partial charge on any atom is -0.475 e. The summed E-state index contributed by atoms with van der Waals surface area (Å²) in [7, 11) is 1.00. The predicted octanol–water partition coefficient (Wildman–Crippen LogP) is 7.71. The molecule has 0 unspecified atom stereocenters. The maximum absolute atomic E-state index is 11.6. The summed E-state index contributed by atoms with van der Waals surface area (Å²) in [6.45, 7) is 10.1. The van der Waals surface area contributed by atoms with Crippen LogP contribution in [0.25, 0.3) is 21.8 Å². The number of aromatic nitrogens is 2. The van der Waals surface area contributed by atoms with Crippen molar-refractivity contribution in [2.45, 2.75) is 111 Å². The molecule has 0 saturated heterocycles. The lowest BCUT2D eigenvalue weighted by atomic mass is 9.97. The smallest absolute Gasteiger partial charge is 0.377 e. The van der Waals surface area contributed by atoms with E-state index in [9.17, 15) is 28.8 Å². The Morgan fingerprint density at radius 3 is 1.93 bits per heavy atom. The average Bonchev–Trinajstić information content (AvgIpc) is 3.97. The topological polar surface area (TPSA) is 233 Å². The number of nitrogens with one attached hydrogen (secondary N) is 3. The summed E-state index contributed by atoms with van der Waals surface area (Å²) in [6.07, 6.45) is 14.9. The fraction of sp³-hybridized carbons (Fsp3) is 0.370. The zero-order chi connectivity index (χ0) is 51.1. The van der Waals surface area contributed by atoms with E-state index in [0.29, 0.717) is 38.2 Å². The van der Waals surface area contributed by atoms with Crippen molar-refractivity contribution in [2.75, 3.05) is 20.2 Å². The third-order valence-electron chi connectivity index (χ3n) is 11.2. The van der Waals surface area contributed by atoms with Gasteiger partial charge in [0.25, 0.3) is 5.78 Å². The van der Waals surface area contributed by atoms with E-state index < -0.39 is 11.8 Å². The number of carbonyl (C=O) groups is 6. The molecule has 3 amide bonds. The minimum atomic E-state index is -1.39. The van der Waals surface area contributed by atoms with Gasteiger partial charge in [-0.15, -0.1) is 0 Å². The number of carboxylic acid groups (broad SMARTS) is 1. The molecule has 0 saturated carbocycles. The van der Waals surface area contributed by atoms with Crippen LogP contribution in [-0.2, 0) is 68.0 Å². The molecule has 0 spiro atoms. The zero-order valence-corrected chi connectivity index (χ0v) is 40.9. The largest absolute Gasteiger partial charge is 0.475 e. The van der Waals surface area contributed by atoms with Gasteiger partial charge in [0.05, 0.1) is 29.8 Å². The van der Waals surface area contributed by atoms with Gasteiger partial charge < -0.3 is 30.4 Å². The lowest BCUT2D eigenvalue weighted by Gasteiger charge is -2.17. The molecular weight excluding hydrogens is 893 g/mol. The molecule has 0 aliphatic carbocycles. The molecule has 7 N–H and O–H groups in total. The highest BCUT2D eigenvalue weighted by Crippen LogP contribution is 2.32. The first kappa shape index (κ1) is 57.3. The van der Waals surface area contributed by atoms with Crippen molar-refractivity contribution in [3.05, 3.63) is 142 Å². The normalized spacial score (nSPS) is 11.5. The van der Waals surface area contributed by atoms with E-state index in [2.05, 4.69) is 46.8 Å². The molecule has 0 bridgehead atoms. The predicted molar refractivity (Wildman–Crippen MR) is 272 cm³/mol. The van der Waals surface area contributed by atoms with Crippen molar-refractivity contribution in [1.82, 2.24) is 25.4 Å². The number of benzene rings is 4. The van der Waals surface area contributed by atoms with Crippen LogP contribution in [0.2, 0.25) is 0 Å². The Labute approximate surface area is 410 Å². The van der Waals surface area contributed by atoms with Crippen LogP contribution in [-0.4, -0.2) is 75.8 Å². The van der Waals surface area contributed by atoms with Crippen LogP contribution in [0, 0.1) is 6.92 Å². The lowest BCUT2D eigenvalue weighted by Crippen LogP contribution is -2.23. The Balaban J connectivity index is 0.000000234. The molecule has 0 atom stereocenters. The first-order chi connectivity index (χ1) is 34.0. The Hall–Kier alpha value is -6.98. The first-order valence-corrected chi connectivity index (χ1v) is 23.7. The summed E-state index contributed by atoms with van der Waals surface area (Å²) in [5, 5.41) is 20.3. The number of aryl methyl sites for hydroxylation is 5. The molecule has 2 aliphatic rings. The SMILES string of the molecule is CC(=O)c1cn2c3c(c(C)ccc13)CCC2.CCCCCNC=O.CO.NCCCCC(=O)NOCc1ccccc1.O=C(O)C(=O)c1cn2c3c(cccc13)CCC2.O=CNOCc1ccccc1. The minimum absolute atomic E-state index is 0.0932. The van der Waals surface area contributed by atoms with Crippen molar-refractivity contribution in [1.29, 1.82) is 0 Å². The summed E-state index contributed by atoms with van der Waals surface area (Å²) < 4.78 is 4.24. The van der Waals surface area contributed by atoms with E-state index in [1.165, 1.54) is 41.5 Å². The van der Waals surface area contributed by atoms with E-state index >= 15 is 0 Å². The molecule has 4 aromatic carbocycles. The number of ketones is 2. The van der Waals surface area contributed by atoms with E-state index in [1.54, 1.807) is 13.1 Å². The van der Waals surface area contributed by atoms with Crippen LogP contribution < -0.4 is 22.0 Å². The van der Waals surface area contributed by atoms with Gasteiger partial charge in [-0.05, 0) is 93.2 Å². The van der Waals surface area contributed by atoms with Gasteiger partial charge in [0.15, 0.2) is 5.78 Å². The summed E-state index contributed by atoms with van der Waals surface area (Å²) in [5.74, 6) is -2.15. The van der Waals surface area contributed by atoms with Crippen LogP contribution in [0.4, 0.5) is 0 Å². The van der Waals surface area contributed by atoms with Gasteiger partial charge in [0, 0.05) is 61.9 Å². The second-order valence-electron chi connectivity index (χ2n) is 16.3. The molecule has 4 heterocycles. The molecule has 8 rings (SSSR count). The second-order valence-corrected chi connectivity index (χ2v) is 16.3. The van der Waals surface area contributed by atoms with E-state index in [4.69, 9.17) is 25.6 Å². The Kier molecular flexibility index (Phi) is 26.8. The third kappa shape index (κ3) is 18.5. The van der Waals surface area contributed by atoms with Crippen LogP contribution in [0.3, 0.4) is 0 Å². The molecule has 376 valence electrons. The summed E-state index contributed by atoms with van der Waals surface area (Å²) in [6, 6.07) is 29.3. The van der Waals surface area contributed by atoms with Crippen LogP contribution in [0.15, 0.2) is 103 Å². The lowest BCUT2D eigenvalue weighted by molar-refractivity contribution is -0.134. The number of aliphatic hydroxyl groups is 1. The number of hydrogen-bond donors (Lipinski definition) is 6. The number of aliphatic carboxylic acids is 1. The first-order valence-electron chi connectivity index (χ1n) is 23.7. The molecule has 0 radical (unpaired) electrons. The second kappa shape index (κ2) is 32.7. The zero-order valence-electron chi connectivity index (χ0n) is 40.9. The number of unbranched alkanes of at least 4 members (excludes halogenated alkanes) is 3. The van der Waals surface area contributed by atoms with Crippen molar-refractivity contribution >= 4 is 58.1 Å². The van der Waals surface area contributed by atoms with Crippen molar-refractivity contribution < 1.29 is 48.7 Å². The number of Topliss-reactive ketones (excluding diaryl/α,β-unsaturated/α-hetero) is 2. The molecule has 70 heavy (non-hydrogen) atoms. The number of carbonyl (C=O) groups excluding carboxylic acids is 5. The molecule has 16 nitrogen and oxygen atoms in total. The number of amides is 3. The van der Waals surface area contributed by atoms with E-state index in [-0.39, 0.29) is 11.7 Å². The van der Waals surface area contributed by atoms with Gasteiger partial charge in [-0.2, -0.15) is 0 Å². The molecule has 0 fully saturated rings. The number of rotatable bonds is 19. The van der Waals surface area contributed by atoms with Gasteiger partial charge in [0.1, 0.15) is 0 Å². The van der Waals surface area contributed by atoms with E-state index in [0.717, 1.165) is 105 Å². The average molecular weight is 963 g/mol. The molecule has 2 aromatic heterocycles. The number of nitrogens with two attached hydrogens (primary N) is 1. The standard InChI is InChI=1S/C14H15NO.C13H11NO3.C12H18N2O2.C8H9NO2.C6H13NO.CH4O/c1-9-5-6-12-13(10(2)16)8-15-7-3-4-11(9)14(12)15;15-12(13(16)17)10-7-14-6-2-4-8-3-1-5-9(10)11(8)14;13-9-5-4-8-12(15)14-16-10-11-6-2-1-3-7-11;10-7-9-11-6-8-4-2-1-3-5-8;1-2-3-4-5-7-6-8;1-2/h5-6,8H,3-4,7H2,1-2H3;1,3,5,7H,2,4,6H2,(H,16,17);1-3,6-7H,4-5,8-10,13H2,(H,14,15);1-5,7H,6H2,(H,9,10);6H,2-5H2,1H3,(H,7,8);2H,1H3. The van der Waals surface area contributed by atoms with Gasteiger partial charge in [-0.25, -0.2) is 15.8 Å².